The van der Waals surface area contributed by atoms with E-state index < -0.39 is 0 Å². The summed E-state index contributed by atoms with van der Waals surface area (Å²) in [5, 5.41) is 5.26. The molecule has 0 unspecified atom stereocenters. The summed E-state index contributed by atoms with van der Waals surface area (Å²) in [4.78, 5) is 15.6. The molecule has 0 atom stereocenters. The summed E-state index contributed by atoms with van der Waals surface area (Å²) in [6.07, 6.45) is 3.95. The van der Waals surface area contributed by atoms with Crippen molar-refractivity contribution in [1.29, 1.82) is 0 Å². The zero-order valence-corrected chi connectivity index (χ0v) is 18.2. The second-order valence-electron chi connectivity index (χ2n) is 7.17. The van der Waals surface area contributed by atoms with E-state index in [4.69, 9.17) is 0 Å². The molecule has 1 amide bonds. The summed E-state index contributed by atoms with van der Waals surface area (Å²) in [6, 6.07) is 26.6. The number of carbonyl (C=O) groups excluding carboxylic acids is 1. The Kier molecular flexibility index (Phi) is 6.10. The van der Waals surface area contributed by atoms with Crippen LogP contribution in [0.1, 0.15) is 41.8 Å². The van der Waals surface area contributed by atoms with E-state index in [1.54, 1.807) is 11.3 Å². The highest BCUT2D eigenvalue weighted by Crippen LogP contribution is 2.35. The van der Waals surface area contributed by atoms with Crippen molar-refractivity contribution < 1.29 is 4.79 Å². The summed E-state index contributed by atoms with van der Waals surface area (Å²) in [6.45, 7) is 4.23. The van der Waals surface area contributed by atoms with Gasteiger partial charge in [0.05, 0.1) is 5.70 Å². The molecule has 0 aliphatic rings. The number of nitrogens with zero attached hydrogens (tertiary/aromatic N) is 1. The van der Waals surface area contributed by atoms with E-state index in [0.717, 1.165) is 34.5 Å². The van der Waals surface area contributed by atoms with Gasteiger partial charge in [0.2, 0.25) is 0 Å². The second kappa shape index (κ2) is 9.10. The standard InChI is InChI=1S/C27H25NOS/c1-3-9-25(24-13-7-11-21-10-5-6-12-23(21)24)28(26-14-8-19-30-26)27(29)22-17-15-20(4-2)16-18-22/h5-19H,3-4H2,1-2H3. The Morgan fingerprint density at radius 3 is 2.37 bits per heavy atom. The lowest BCUT2D eigenvalue weighted by Gasteiger charge is -2.26. The zero-order chi connectivity index (χ0) is 20.9. The van der Waals surface area contributed by atoms with Crippen molar-refractivity contribution in [1.82, 2.24) is 0 Å². The highest BCUT2D eigenvalue weighted by atomic mass is 32.1. The first-order valence-electron chi connectivity index (χ1n) is 10.4. The molecule has 0 fully saturated rings. The lowest BCUT2D eigenvalue weighted by molar-refractivity contribution is 0.100. The van der Waals surface area contributed by atoms with E-state index in [9.17, 15) is 4.79 Å². The molecule has 4 aromatic rings. The number of thiophene rings is 1. The fourth-order valence-electron chi connectivity index (χ4n) is 3.70. The van der Waals surface area contributed by atoms with Gasteiger partial charge in [-0.3, -0.25) is 9.69 Å². The average Bonchev–Trinajstić information content (AvgIpc) is 3.33. The monoisotopic (exact) mass is 411 g/mol. The fraction of sp³-hybridized carbons (Fsp3) is 0.148. The Labute approximate surface area is 182 Å². The maximum absolute atomic E-state index is 13.8. The largest absolute Gasteiger partial charge is 0.268 e. The van der Waals surface area contributed by atoms with Gasteiger partial charge in [-0.1, -0.05) is 74.5 Å². The van der Waals surface area contributed by atoms with Crippen LogP contribution in [0, 0.1) is 0 Å². The Hall–Kier alpha value is -3.17. The van der Waals surface area contributed by atoms with E-state index in [-0.39, 0.29) is 5.91 Å². The molecule has 0 aliphatic heterocycles. The number of allylic oxidation sites excluding steroid dienone is 1. The van der Waals surface area contributed by atoms with Gasteiger partial charge >= 0.3 is 0 Å². The summed E-state index contributed by atoms with van der Waals surface area (Å²) in [7, 11) is 0. The summed E-state index contributed by atoms with van der Waals surface area (Å²) < 4.78 is 0. The zero-order valence-electron chi connectivity index (χ0n) is 17.3. The van der Waals surface area contributed by atoms with E-state index in [2.05, 4.69) is 56.3 Å². The minimum absolute atomic E-state index is 0.00672. The maximum atomic E-state index is 13.8. The Bertz CT molecular complexity index is 1170. The topological polar surface area (TPSA) is 20.3 Å². The van der Waals surface area contributed by atoms with Crippen LogP contribution < -0.4 is 4.90 Å². The Balaban J connectivity index is 1.88. The molecular formula is C27H25NOS. The van der Waals surface area contributed by atoms with Crippen LogP contribution >= 0.6 is 11.3 Å². The normalized spacial score (nSPS) is 11.6. The van der Waals surface area contributed by atoms with E-state index in [0.29, 0.717) is 5.56 Å². The molecule has 0 N–H and O–H groups in total. The van der Waals surface area contributed by atoms with Crippen molar-refractivity contribution in [2.45, 2.75) is 26.7 Å². The number of benzene rings is 3. The summed E-state index contributed by atoms with van der Waals surface area (Å²) in [5.41, 5.74) is 3.93. The predicted octanol–water partition coefficient (Wildman–Crippen LogP) is 7.56. The lowest BCUT2D eigenvalue weighted by Crippen LogP contribution is -2.29. The Morgan fingerprint density at radius 2 is 1.67 bits per heavy atom. The van der Waals surface area contributed by atoms with Gasteiger partial charge in [0.25, 0.3) is 5.91 Å². The third-order valence-corrected chi connectivity index (χ3v) is 6.10. The van der Waals surface area contributed by atoms with Crippen LogP contribution in [-0.2, 0) is 6.42 Å². The van der Waals surface area contributed by atoms with E-state index in [1.807, 2.05) is 52.7 Å². The third kappa shape index (κ3) is 3.94. The van der Waals surface area contributed by atoms with Crippen molar-refractivity contribution in [2.75, 3.05) is 4.90 Å². The first-order valence-corrected chi connectivity index (χ1v) is 11.3. The van der Waals surface area contributed by atoms with Crippen molar-refractivity contribution in [3.8, 4) is 0 Å². The highest BCUT2D eigenvalue weighted by molar-refractivity contribution is 7.14. The predicted molar refractivity (Wildman–Crippen MR) is 129 cm³/mol. The Morgan fingerprint density at radius 1 is 0.900 bits per heavy atom. The van der Waals surface area contributed by atoms with Crippen molar-refractivity contribution in [2.24, 2.45) is 0 Å². The van der Waals surface area contributed by atoms with Crippen LogP contribution in [0.15, 0.2) is 90.3 Å². The van der Waals surface area contributed by atoms with Crippen LogP contribution in [0.4, 0.5) is 5.00 Å². The molecule has 150 valence electrons. The number of anilines is 1. The number of fused-ring (bicyclic) bond motifs is 1. The average molecular weight is 412 g/mol. The van der Waals surface area contributed by atoms with Gasteiger partial charge in [-0.05, 0) is 58.8 Å². The molecule has 30 heavy (non-hydrogen) atoms. The van der Waals surface area contributed by atoms with Crippen LogP contribution in [-0.4, -0.2) is 5.91 Å². The number of rotatable bonds is 6. The maximum Gasteiger partial charge on any atom is 0.263 e. The third-order valence-electron chi connectivity index (χ3n) is 5.24. The number of hydrogen-bond acceptors (Lipinski definition) is 2. The van der Waals surface area contributed by atoms with E-state index in [1.165, 1.54) is 10.9 Å². The van der Waals surface area contributed by atoms with Crippen LogP contribution in [0.2, 0.25) is 0 Å². The van der Waals surface area contributed by atoms with E-state index >= 15 is 0 Å². The van der Waals surface area contributed by atoms with Crippen molar-refractivity contribution >= 4 is 38.7 Å². The lowest BCUT2D eigenvalue weighted by atomic mass is 10.00. The number of aryl methyl sites for hydroxylation is 1. The molecule has 0 spiro atoms. The van der Waals surface area contributed by atoms with Gasteiger partial charge in [0.1, 0.15) is 5.00 Å². The first kappa shape index (κ1) is 20.1. The molecule has 1 heterocycles. The first-order chi connectivity index (χ1) is 14.7. The molecule has 1 aromatic heterocycles. The molecule has 3 heteroatoms. The highest BCUT2D eigenvalue weighted by Gasteiger charge is 2.24. The van der Waals surface area contributed by atoms with Crippen molar-refractivity contribution in [3.63, 3.8) is 0 Å². The molecule has 0 bridgehead atoms. The molecule has 0 aliphatic carbocycles. The van der Waals surface area contributed by atoms with Crippen LogP contribution in [0.5, 0.6) is 0 Å². The minimum atomic E-state index is -0.00672. The molecule has 4 rings (SSSR count). The SMILES string of the molecule is CCC=C(c1cccc2ccccc12)N(C(=O)c1ccc(CC)cc1)c1cccs1. The quantitative estimate of drug-likeness (QED) is 0.320. The molecule has 0 radical (unpaired) electrons. The molecule has 0 saturated heterocycles. The molecule has 3 aromatic carbocycles. The number of hydrogen-bond donors (Lipinski definition) is 0. The van der Waals surface area contributed by atoms with Crippen LogP contribution in [0.25, 0.3) is 16.5 Å². The minimum Gasteiger partial charge on any atom is -0.268 e. The van der Waals surface area contributed by atoms with Gasteiger partial charge in [-0.15, -0.1) is 11.3 Å². The number of amides is 1. The fourth-order valence-corrected chi connectivity index (χ4v) is 4.44. The van der Waals surface area contributed by atoms with Gasteiger partial charge in [0.15, 0.2) is 0 Å². The summed E-state index contributed by atoms with van der Waals surface area (Å²) in [5.74, 6) is -0.00672. The van der Waals surface area contributed by atoms with Crippen LogP contribution in [0.3, 0.4) is 0 Å². The molecular weight excluding hydrogens is 386 g/mol. The molecule has 0 saturated carbocycles. The van der Waals surface area contributed by atoms with Gasteiger partial charge in [-0.25, -0.2) is 0 Å². The van der Waals surface area contributed by atoms with Gasteiger partial charge in [-0.2, -0.15) is 0 Å². The van der Waals surface area contributed by atoms with Gasteiger partial charge in [0, 0.05) is 11.1 Å². The van der Waals surface area contributed by atoms with Gasteiger partial charge < -0.3 is 0 Å². The smallest absolute Gasteiger partial charge is 0.263 e. The van der Waals surface area contributed by atoms with Crippen molar-refractivity contribution in [3.05, 3.63) is 107 Å². The second-order valence-corrected chi connectivity index (χ2v) is 8.09. The summed E-state index contributed by atoms with van der Waals surface area (Å²) >= 11 is 1.58. The molecule has 2 nitrogen and oxygen atoms in total. The number of carbonyl (C=O) groups is 1.